The fourth-order valence-electron chi connectivity index (χ4n) is 1.70. The monoisotopic (exact) mass is 253 g/mol. The minimum absolute atomic E-state index is 0.0609. The third kappa shape index (κ3) is 2.96. The molecule has 1 aliphatic rings. The van der Waals surface area contributed by atoms with Crippen LogP contribution >= 0.6 is 0 Å². The summed E-state index contributed by atoms with van der Waals surface area (Å²) in [4.78, 5) is 29.6. The largest absolute Gasteiger partial charge is 0.480 e. The van der Waals surface area contributed by atoms with Gasteiger partial charge < -0.3 is 14.9 Å². The second kappa shape index (κ2) is 5.03. The van der Waals surface area contributed by atoms with Crippen LogP contribution in [0.5, 0.6) is 0 Å². The molecular weight excluding hydrogens is 238 g/mol. The molecule has 98 valence electrons. The van der Waals surface area contributed by atoms with Gasteiger partial charge in [-0.25, -0.2) is 9.78 Å². The van der Waals surface area contributed by atoms with E-state index in [2.05, 4.69) is 15.2 Å². The first kappa shape index (κ1) is 12.3. The van der Waals surface area contributed by atoms with E-state index < -0.39 is 5.97 Å². The van der Waals surface area contributed by atoms with Crippen molar-refractivity contribution >= 4 is 12.0 Å². The Labute approximate surface area is 104 Å². The lowest BCUT2D eigenvalue weighted by Gasteiger charge is -2.26. The summed E-state index contributed by atoms with van der Waals surface area (Å²) in [7, 11) is 1.61. The summed E-state index contributed by atoms with van der Waals surface area (Å²) in [6.45, 7) is 0.0198. The van der Waals surface area contributed by atoms with Crippen LogP contribution in [0.15, 0.2) is 6.33 Å². The maximum atomic E-state index is 12.1. The molecule has 2 amide bonds. The zero-order chi connectivity index (χ0) is 13.1. The molecule has 1 aliphatic carbocycles. The standard InChI is InChI=1S/C10H15N5O3/c1-14(4-8-11-6-12-13-8)10(18)15(5-9(16)17)7-2-3-7/h6-7H,2-5H2,1H3,(H,16,17)(H,11,12,13). The lowest BCUT2D eigenvalue weighted by atomic mass is 10.4. The van der Waals surface area contributed by atoms with Gasteiger partial charge in [-0.05, 0) is 12.8 Å². The van der Waals surface area contributed by atoms with Gasteiger partial charge in [-0.2, -0.15) is 5.10 Å². The van der Waals surface area contributed by atoms with Gasteiger partial charge in [0.05, 0.1) is 6.54 Å². The number of carbonyl (C=O) groups is 2. The van der Waals surface area contributed by atoms with Gasteiger partial charge in [0.15, 0.2) is 0 Å². The maximum Gasteiger partial charge on any atom is 0.323 e. The van der Waals surface area contributed by atoms with E-state index in [1.807, 2.05) is 0 Å². The third-order valence-corrected chi connectivity index (χ3v) is 2.72. The highest BCUT2D eigenvalue weighted by atomic mass is 16.4. The molecule has 0 unspecified atom stereocenters. The van der Waals surface area contributed by atoms with Crippen molar-refractivity contribution in [1.29, 1.82) is 0 Å². The smallest absolute Gasteiger partial charge is 0.323 e. The van der Waals surface area contributed by atoms with Crippen molar-refractivity contribution in [3.05, 3.63) is 12.2 Å². The Bertz CT molecular complexity index is 429. The molecule has 1 heterocycles. The Morgan fingerprint density at radius 2 is 2.28 bits per heavy atom. The summed E-state index contributed by atoms with van der Waals surface area (Å²) in [5, 5.41) is 15.2. The number of aromatic nitrogens is 3. The molecule has 0 saturated heterocycles. The maximum absolute atomic E-state index is 12.1. The molecular formula is C10H15N5O3. The van der Waals surface area contributed by atoms with E-state index in [1.54, 1.807) is 7.05 Å². The molecule has 8 nitrogen and oxygen atoms in total. The van der Waals surface area contributed by atoms with Crippen LogP contribution in [0.3, 0.4) is 0 Å². The van der Waals surface area contributed by atoms with Crippen molar-refractivity contribution in [2.45, 2.75) is 25.4 Å². The number of carbonyl (C=O) groups excluding carboxylic acids is 1. The molecule has 18 heavy (non-hydrogen) atoms. The second-order valence-electron chi connectivity index (χ2n) is 4.32. The molecule has 1 saturated carbocycles. The number of amides is 2. The molecule has 0 bridgehead atoms. The molecule has 2 N–H and O–H groups in total. The highest BCUT2D eigenvalue weighted by Gasteiger charge is 2.35. The summed E-state index contributed by atoms with van der Waals surface area (Å²) >= 11 is 0. The number of rotatable bonds is 5. The number of H-pyrrole nitrogens is 1. The highest BCUT2D eigenvalue weighted by molar-refractivity contribution is 5.80. The van der Waals surface area contributed by atoms with Crippen molar-refractivity contribution in [3.63, 3.8) is 0 Å². The molecule has 8 heteroatoms. The van der Waals surface area contributed by atoms with Gasteiger partial charge in [-0.1, -0.05) is 0 Å². The molecule has 1 aromatic heterocycles. The van der Waals surface area contributed by atoms with Gasteiger partial charge >= 0.3 is 12.0 Å². The molecule has 0 radical (unpaired) electrons. The summed E-state index contributed by atoms with van der Waals surface area (Å²) in [5.41, 5.74) is 0. The molecule has 2 rings (SSSR count). The van der Waals surface area contributed by atoms with E-state index in [0.717, 1.165) is 12.8 Å². The number of aliphatic carboxylic acids is 1. The minimum atomic E-state index is -0.997. The summed E-state index contributed by atoms with van der Waals surface area (Å²) in [5.74, 6) is -0.430. The first-order chi connectivity index (χ1) is 8.58. The number of carboxylic acids is 1. The van der Waals surface area contributed by atoms with Crippen LogP contribution in [0.1, 0.15) is 18.7 Å². The predicted molar refractivity (Wildman–Crippen MR) is 60.6 cm³/mol. The molecule has 0 spiro atoms. The summed E-state index contributed by atoms with van der Waals surface area (Å²) < 4.78 is 0. The number of carboxylic acid groups (broad SMARTS) is 1. The Balaban J connectivity index is 1.96. The molecule has 0 aliphatic heterocycles. The SMILES string of the molecule is CN(Cc1ncn[nH]1)C(=O)N(CC(=O)O)C1CC1. The van der Waals surface area contributed by atoms with Crippen LogP contribution in [0.4, 0.5) is 4.79 Å². The van der Waals surface area contributed by atoms with Crippen LogP contribution in [0.25, 0.3) is 0 Å². The minimum Gasteiger partial charge on any atom is -0.480 e. The first-order valence-electron chi connectivity index (χ1n) is 5.65. The van der Waals surface area contributed by atoms with Crippen molar-refractivity contribution in [2.24, 2.45) is 0 Å². The normalized spacial score (nSPS) is 14.3. The second-order valence-corrected chi connectivity index (χ2v) is 4.32. The van der Waals surface area contributed by atoms with Crippen molar-refractivity contribution in [3.8, 4) is 0 Å². The van der Waals surface area contributed by atoms with E-state index in [4.69, 9.17) is 5.11 Å². The zero-order valence-electron chi connectivity index (χ0n) is 10.0. The summed E-state index contributed by atoms with van der Waals surface area (Å²) in [6, 6.07) is -0.234. The van der Waals surface area contributed by atoms with E-state index in [9.17, 15) is 9.59 Å². The lowest BCUT2D eigenvalue weighted by Crippen LogP contribution is -2.44. The van der Waals surface area contributed by atoms with Crippen molar-refractivity contribution in [2.75, 3.05) is 13.6 Å². The highest BCUT2D eigenvalue weighted by Crippen LogP contribution is 2.27. The van der Waals surface area contributed by atoms with Gasteiger partial charge in [0.2, 0.25) is 0 Å². The van der Waals surface area contributed by atoms with Crippen LogP contribution in [0.2, 0.25) is 0 Å². The Hall–Kier alpha value is -2.12. The predicted octanol–water partition coefficient (Wildman–Crippen LogP) is -0.0945. The molecule has 0 aromatic carbocycles. The fraction of sp³-hybridized carbons (Fsp3) is 0.600. The first-order valence-corrected chi connectivity index (χ1v) is 5.65. The van der Waals surface area contributed by atoms with Gasteiger partial charge in [-0.3, -0.25) is 9.89 Å². The van der Waals surface area contributed by atoms with Crippen molar-refractivity contribution < 1.29 is 14.7 Å². The fourth-order valence-corrected chi connectivity index (χ4v) is 1.70. The van der Waals surface area contributed by atoms with Crippen molar-refractivity contribution in [1.82, 2.24) is 25.0 Å². The number of urea groups is 1. The van der Waals surface area contributed by atoms with Gasteiger partial charge in [0.1, 0.15) is 18.7 Å². The van der Waals surface area contributed by atoms with Crippen LogP contribution in [-0.4, -0.2) is 61.7 Å². The number of hydrogen-bond acceptors (Lipinski definition) is 4. The van der Waals surface area contributed by atoms with Gasteiger partial charge in [-0.15, -0.1) is 0 Å². The van der Waals surface area contributed by atoms with Gasteiger partial charge in [0, 0.05) is 13.1 Å². The Morgan fingerprint density at radius 1 is 1.56 bits per heavy atom. The van der Waals surface area contributed by atoms with Gasteiger partial charge in [0.25, 0.3) is 0 Å². The quantitative estimate of drug-likeness (QED) is 0.763. The number of aromatic amines is 1. The van der Waals surface area contributed by atoms with Crippen LogP contribution in [-0.2, 0) is 11.3 Å². The Morgan fingerprint density at radius 3 is 2.78 bits per heavy atom. The van der Waals surface area contributed by atoms with Crippen LogP contribution in [0, 0.1) is 0 Å². The lowest BCUT2D eigenvalue weighted by molar-refractivity contribution is -0.137. The number of hydrogen-bond donors (Lipinski definition) is 2. The Kier molecular flexibility index (Phi) is 3.45. The van der Waals surface area contributed by atoms with Crippen LogP contribution < -0.4 is 0 Å². The molecule has 1 fully saturated rings. The number of nitrogens with one attached hydrogen (secondary N) is 1. The average Bonchev–Trinajstić information content (AvgIpc) is 3.04. The molecule has 0 atom stereocenters. The average molecular weight is 253 g/mol. The van der Waals surface area contributed by atoms with E-state index in [1.165, 1.54) is 16.1 Å². The topological polar surface area (TPSA) is 102 Å². The zero-order valence-corrected chi connectivity index (χ0v) is 10.0. The third-order valence-electron chi connectivity index (χ3n) is 2.72. The van der Waals surface area contributed by atoms with E-state index >= 15 is 0 Å². The number of nitrogens with zero attached hydrogens (tertiary/aromatic N) is 4. The molecule has 1 aromatic rings. The van der Waals surface area contributed by atoms with E-state index in [-0.39, 0.29) is 25.2 Å². The van der Waals surface area contributed by atoms with E-state index in [0.29, 0.717) is 5.82 Å². The summed E-state index contributed by atoms with van der Waals surface area (Å²) in [6.07, 6.45) is 3.11.